The lowest BCUT2D eigenvalue weighted by Gasteiger charge is -2.35. The Labute approximate surface area is 219 Å². The molecule has 0 aromatic heterocycles. The predicted molar refractivity (Wildman–Crippen MR) is 133 cm³/mol. The number of amides is 3. The highest BCUT2D eigenvalue weighted by Crippen LogP contribution is 2.14. The molecule has 38 heavy (non-hydrogen) atoms. The van der Waals surface area contributed by atoms with Crippen LogP contribution in [0, 0.1) is 10.1 Å². The zero-order valence-corrected chi connectivity index (χ0v) is 20.9. The Morgan fingerprint density at radius 1 is 0.947 bits per heavy atom. The number of alkyl carbamates (subject to hydrolysis) is 1. The lowest BCUT2D eigenvalue weighted by Crippen LogP contribution is -2.53. The van der Waals surface area contributed by atoms with Crippen molar-refractivity contribution in [2.45, 2.75) is 25.7 Å². The maximum atomic E-state index is 12.5. The highest BCUT2D eigenvalue weighted by Gasteiger charge is 2.28. The standard InChI is InChI=1S/C25H30N4O9/c1-36-21-8-4-19(5-9-21)17-38-25(33)28-14-12-27(13-15-28)23(31)22(30)10-11-26-24(32)37-16-18-2-6-20(7-3-18)29(34)35/h2-9,22,30H,10-17H2,1H3,(H,26,32)/t22-/m0/s1. The van der Waals surface area contributed by atoms with E-state index in [2.05, 4.69) is 5.32 Å². The SMILES string of the molecule is COc1ccc(COC(=O)N2CCN(C(=O)[C@@H](O)CCNC(=O)OCc3ccc([N+](=O)[O-])cc3)CC2)cc1. The van der Waals surface area contributed by atoms with E-state index in [1.165, 1.54) is 34.1 Å². The van der Waals surface area contributed by atoms with Gasteiger partial charge in [0.05, 0.1) is 12.0 Å². The van der Waals surface area contributed by atoms with Crippen molar-refractivity contribution in [1.29, 1.82) is 0 Å². The number of hydrogen-bond donors (Lipinski definition) is 2. The Kier molecular flexibility index (Phi) is 10.2. The Morgan fingerprint density at radius 3 is 2.08 bits per heavy atom. The average molecular weight is 531 g/mol. The number of piperazine rings is 1. The third kappa shape index (κ3) is 8.34. The second-order valence-electron chi connectivity index (χ2n) is 8.45. The summed E-state index contributed by atoms with van der Waals surface area (Å²) in [5.74, 6) is 0.218. The van der Waals surface area contributed by atoms with E-state index in [9.17, 15) is 29.6 Å². The van der Waals surface area contributed by atoms with Crippen molar-refractivity contribution in [3.8, 4) is 5.75 Å². The summed E-state index contributed by atoms with van der Waals surface area (Å²) in [5, 5.41) is 23.3. The molecule has 2 aromatic rings. The average Bonchev–Trinajstić information content (AvgIpc) is 2.94. The summed E-state index contributed by atoms with van der Waals surface area (Å²) in [7, 11) is 1.57. The zero-order chi connectivity index (χ0) is 27.5. The molecule has 1 fully saturated rings. The number of nitro groups is 1. The molecule has 204 valence electrons. The quantitative estimate of drug-likeness (QED) is 0.346. The number of nitro benzene ring substituents is 1. The Bertz CT molecular complexity index is 1100. The van der Waals surface area contributed by atoms with Crippen LogP contribution < -0.4 is 10.1 Å². The first-order chi connectivity index (χ1) is 18.3. The largest absolute Gasteiger partial charge is 0.497 e. The van der Waals surface area contributed by atoms with Gasteiger partial charge in [-0.3, -0.25) is 14.9 Å². The van der Waals surface area contributed by atoms with Crippen LogP contribution in [-0.2, 0) is 27.5 Å². The molecule has 0 radical (unpaired) electrons. The fourth-order valence-corrected chi connectivity index (χ4v) is 3.63. The van der Waals surface area contributed by atoms with Crippen molar-refractivity contribution in [3.05, 3.63) is 69.8 Å². The number of hydrogen-bond acceptors (Lipinski definition) is 9. The first-order valence-electron chi connectivity index (χ1n) is 11.9. The van der Waals surface area contributed by atoms with E-state index < -0.39 is 29.1 Å². The normalized spacial score (nSPS) is 13.8. The number of benzene rings is 2. The minimum Gasteiger partial charge on any atom is -0.497 e. The van der Waals surface area contributed by atoms with Gasteiger partial charge in [-0.05, 0) is 41.8 Å². The van der Waals surface area contributed by atoms with Gasteiger partial charge in [-0.2, -0.15) is 0 Å². The number of non-ortho nitro benzene ring substituents is 1. The van der Waals surface area contributed by atoms with Crippen molar-refractivity contribution in [2.24, 2.45) is 0 Å². The molecule has 0 saturated carbocycles. The van der Waals surface area contributed by atoms with Crippen molar-refractivity contribution < 1.29 is 38.6 Å². The van der Waals surface area contributed by atoms with Crippen LogP contribution in [0.5, 0.6) is 5.75 Å². The molecule has 1 atom stereocenters. The Balaban J connectivity index is 1.31. The van der Waals surface area contributed by atoms with Gasteiger partial charge in [-0.25, -0.2) is 9.59 Å². The van der Waals surface area contributed by atoms with Crippen LogP contribution in [0.3, 0.4) is 0 Å². The van der Waals surface area contributed by atoms with E-state index in [0.29, 0.717) is 11.3 Å². The smallest absolute Gasteiger partial charge is 0.410 e. The molecule has 0 aliphatic carbocycles. The van der Waals surface area contributed by atoms with E-state index >= 15 is 0 Å². The van der Waals surface area contributed by atoms with Crippen molar-refractivity contribution in [1.82, 2.24) is 15.1 Å². The third-order valence-electron chi connectivity index (χ3n) is 5.86. The van der Waals surface area contributed by atoms with E-state index in [0.717, 1.165) is 5.56 Å². The van der Waals surface area contributed by atoms with Crippen LogP contribution >= 0.6 is 0 Å². The summed E-state index contributed by atoms with van der Waals surface area (Å²) in [6, 6.07) is 12.7. The molecule has 0 spiro atoms. The van der Waals surface area contributed by atoms with Gasteiger partial charge in [0.2, 0.25) is 0 Å². The molecular formula is C25H30N4O9. The molecule has 1 saturated heterocycles. The molecular weight excluding hydrogens is 500 g/mol. The number of carbonyl (C=O) groups is 3. The molecule has 1 aliphatic rings. The number of aliphatic hydroxyl groups is 1. The summed E-state index contributed by atoms with van der Waals surface area (Å²) >= 11 is 0. The molecule has 1 heterocycles. The van der Waals surface area contributed by atoms with Crippen molar-refractivity contribution >= 4 is 23.8 Å². The maximum Gasteiger partial charge on any atom is 0.410 e. The molecule has 2 aromatic carbocycles. The van der Waals surface area contributed by atoms with Gasteiger partial charge in [0, 0.05) is 44.9 Å². The van der Waals surface area contributed by atoms with Gasteiger partial charge >= 0.3 is 12.2 Å². The van der Waals surface area contributed by atoms with Gasteiger partial charge in [0.25, 0.3) is 11.6 Å². The van der Waals surface area contributed by atoms with E-state index in [4.69, 9.17) is 14.2 Å². The van der Waals surface area contributed by atoms with Crippen LogP contribution in [-0.4, -0.2) is 83.9 Å². The zero-order valence-electron chi connectivity index (χ0n) is 20.9. The third-order valence-corrected chi connectivity index (χ3v) is 5.86. The molecule has 3 rings (SSSR count). The molecule has 13 heteroatoms. The first kappa shape index (κ1) is 28.2. The van der Waals surface area contributed by atoms with Gasteiger partial charge in [0.15, 0.2) is 0 Å². The lowest BCUT2D eigenvalue weighted by molar-refractivity contribution is -0.384. The highest BCUT2D eigenvalue weighted by atomic mass is 16.6. The fraction of sp³-hybridized carbons (Fsp3) is 0.400. The van der Waals surface area contributed by atoms with E-state index in [-0.39, 0.29) is 58.0 Å². The number of aliphatic hydroxyl groups excluding tert-OH is 1. The number of methoxy groups -OCH3 is 1. The monoisotopic (exact) mass is 530 g/mol. The lowest BCUT2D eigenvalue weighted by atomic mass is 10.2. The molecule has 1 aliphatic heterocycles. The number of nitrogens with one attached hydrogen (secondary N) is 1. The summed E-state index contributed by atoms with van der Waals surface area (Å²) in [6.45, 7) is 1.07. The summed E-state index contributed by atoms with van der Waals surface area (Å²) in [4.78, 5) is 49.8. The number of nitrogens with zero attached hydrogens (tertiary/aromatic N) is 3. The molecule has 2 N–H and O–H groups in total. The minimum atomic E-state index is -1.32. The van der Waals surface area contributed by atoms with Gasteiger partial charge in [0.1, 0.15) is 25.1 Å². The molecule has 3 amide bonds. The van der Waals surface area contributed by atoms with Crippen molar-refractivity contribution in [2.75, 3.05) is 39.8 Å². The molecule has 0 unspecified atom stereocenters. The van der Waals surface area contributed by atoms with Gasteiger partial charge in [-0.15, -0.1) is 0 Å². The van der Waals surface area contributed by atoms with Crippen LogP contribution in [0.2, 0.25) is 0 Å². The second kappa shape index (κ2) is 13.8. The predicted octanol–water partition coefficient (Wildman–Crippen LogP) is 2.06. The van der Waals surface area contributed by atoms with Crippen LogP contribution in [0.1, 0.15) is 17.5 Å². The van der Waals surface area contributed by atoms with Crippen LogP contribution in [0.15, 0.2) is 48.5 Å². The van der Waals surface area contributed by atoms with Crippen LogP contribution in [0.25, 0.3) is 0 Å². The van der Waals surface area contributed by atoms with E-state index in [1.807, 2.05) is 0 Å². The second-order valence-corrected chi connectivity index (χ2v) is 8.45. The molecule has 0 bridgehead atoms. The summed E-state index contributed by atoms with van der Waals surface area (Å²) in [6.07, 6.45) is -2.57. The van der Waals surface area contributed by atoms with Gasteiger partial charge in [-0.1, -0.05) is 12.1 Å². The number of carbonyl (C=O) groups excluding carboxylic acids is 3. The fourth-order valence-electron chi connectivity index (χ4n) is 3.63. The Morgan fingerprint density at radius 2 is 1.50 bits per heavy atom. The maximum absolute atomic E-state index is 12.5. The highest BCUT2D eigenvalue weighted by molar-refractivity contribution is 5.81. The minimum absolute atomic E-state index is 0.00362. The van der Waals surface area contributed by atoms with Crippen molar-refractivity contribution in [3.63, 3.8) is 0 Å². The topological polar surface area (TPSA) is 161 Å². The number of ether oxygens (including phenoxy) is 3. The van der Waals surface area contributed by atoms with Gasteiger partial charge < -0.3 is 34.4 Å². The number of rotatable bonds is 10. The Hall–Kier alpha value is -4.39. The van der Waals surface area contributed by atoms with Crippen LogP contribution in [0.4, 0.5) is 15.3 Å². The first-order valence-corrected chi connectivity index (χ1v) is 11.9. The molecule has 13 nitrogen and oxygen atoms in total. The summed E-state index contributed by atoms with van der Waals surface area (Å²) < 4.78 is 15.5. The van der Waals surface area contributed by atoms with E-state index in [1.54, 1.807) is 31.4 Å². The summed E-state index contributed by atoms with van der Waals surface area (Å²) in [5.41, 5.74) is 1.33.